The quantitative estimate of drug-likeness (QED) is 0.109. The predicted octanol–water partition coefficient (Wildman–Crippen LogP) is 10.2. The number of halogens is 3. The number of carbonyl (C=O) groups excluding carboxylic acids is 2. The molecule has 4 aromatic carbocycles. The predicted molar refractivity (Wildman–Crippen MR) is 227 cm³/mol. The first kappa shape index (κ1) is 42.4. The Morgan fingerprint density at radius 1 is 0.667 bits per heavy atom. The van der Waals surface area contributed by atoms with Crippen LogP contribution in [0.5, 0.6) is 11.5 Å². The van der Waals surface area contributed by atoms with E-state index >= 15 is 0 Å². The van der Waals surface area contributed by atoms with Gasteiger partial charge in [-0.2, -0.15) is 0 Å². The summed E-state index contributed by atoms with van der Waals surface area (Å²) >= 11 is 3.50. The minimum Gasteiger partial charge on any atom is -0.486 e. The number of benzene rings is 4. The topological polar surface area (TPSA) is 89.5 Å². The van der Waals surface area contributed by atoms with Gasteiger partial charge in [0.2, 0.25) is 0 Å². The number of carbonyl (C=O) groups is 2. The molecule has 6 atom stereocenters. The first-order valence-corrected chi connectivity index (χ1v) is 22.0. The van der Waals surface area contributed by atoms with Gasteiger partial charge in [-0.1, -0.05) is 46.3 Å². The van der Waals surface area contributed by atoms with Crippen molar-refractivity contribution in [3.8, 4) is 11.5 Å². The molecular formula is C48H52BBrF2O8. The summed E-state index contributed by atoms with van der Waals surface area (Å²) in [6.07, 6.45) is 4.01. The van der Waals surface area contributed by atoms with Crippen LogP contribution < -0.4 is 14.9 Å². The number of hydrogen-bond acceptors (Lipinski definition) is 8. The summed E-state index contributed by atoms with van der Waals surface area (Å²) in [5.74, 6) is 1.09. The SMILES string of the molecule is CCOC(=O)[C@H]1C[C@@H]1c1ccc(O[C@@H]2CCc3c(B4OC(C)(C)C(C)(C)O4)ccc(F)c32)cc1.CCOC(=O)[C@H]1C[C@@H]1c1ccc(O[C@@H]2CCc3c(Br)ccc(F)c32)cc1. The highest BCUT2D eigenvalue weighted by Crippen LogP contribution is 2.50. The summed E-state index contributed by atoms with van der Waals surface area (Å²) in [7, 11) is -0.525. The second-order valence-electron chi connectivity index (χ2n) is 17.4. The zero-order valence-corrected chi connectivity index (χ0v) is 36.6. The highest BCUT2D eigenvalue weighted by molar-refractivity contribution is 9.10. The van der Waals surface area contributed by atoms with Gasteiger partial charge in [0.1, 0.15) is 35.3 Å². The van der Waals surface area contributed by atoms with E-state index in [9.17, 15) is 18.4 Å². The second kappa shape index (κ2) is 16.9. The van der Waals surface area contributed by atoms with Gasteiger partial charge < -0.3 is 28.3 Å². The lowest BCUT2D eigenvalue weighted by atomic mass is 9.75. The van der Waals surface area contributed by atoms with E-state index in [1.54, 1.807) is 12.1 Å². The van der Waals surface area contributed by atoms with Crippen molar-refractivity contribution in [2.75, 3.05) is 13.2 Å². The molecule has 0 bridgehead atoms. The monoisotopic (exact) mass is 884 g/mol. The molecule has 0 radical (unpaired) electrons. The first-order valence-electron chi connectivity index (χ1n) is 21.2. The molecule has 9 rings (SSSR count). The normalized spacial score (nSPS) is 25.1. The summed E-state index contributed by atoms with van der Waals surface area (Å²) in [6, 6.07) is 22.1. The van der Waals surface area contributed by atoms with Gasteiger partial charge in [-0.25, -0.2) is 8.78 Å². The Labute approximate surface area is 359 Å². The highest BCUT2D eigenvalue weighted by Gasteiger charge is 2.53. The van der Waals surface area contributed by atoms with Crippen molar-refractivity contribution in [3.63, 3.8) is 0 Å². The van der Waals surface area contributed by atoms with Crippen LogP contribution in [0.3, 0.4) is 0 Å². The highest BCUT2D eigenvalue weighted by atomic mass is 79.9. The molecule has 2 saturated carbocycles. The van der Waals surface area contributed by atoms with Crippen molar-refractivity contribution < 1.29 is 46.6 Å². The maximum Gasteiger partial charge on any atom is 0.495 e. The summed E-state index contributed by atoms with van der Waals surface area (Å²) < 4.78 is 65.1. The Bertz CT molecular complexity index is 2230. The van der Waals surface area contributed by atoms with Gasteiger partial charge in [-0.15, -0.1) is 0 Å². The van der Waals surface area contributed by atoms with E-state index in [0.29, 0.717) is 42.9 Å². The fourth-order valence-corrected chi connectivity index (χ4v) is 9.36. The standard InChI is InChI=1S/C27H32BFO5.C21H20BrFO3/c1-6-31-25(30)20-15-19(20)16-7-9-17(10-8-16)32-23-14-11-18-21(12-13-22(29)24(18)23)28-33-26(2,3)27(4,5)34-28;1-2-25-21(24)16-11-15(16)12-3-5-13(6-4-12)26-19-10-7-14-17(22)8-9-18(23)20(14)19/h7-10,12-13,19-20,23H,6,11,14-15H2,1-5H3;3-6,8-9,15-16,19H,2,7,10-11H2,1H3/t19-,20+,23-;15-,16+,19-/m11/s1. The van der Waals surface area contributed by atoms with Crippen molar-refractivity contribution in [1.29, 1.82) is 0 Å². The van der Waals surface area contributed by atoms with Gasteiger partial charge in [-0.3, -0.25) is 9.59 Å². The molecule has 5 aliphatic rings. The summed E-state index contributed by atoms with van der Waals surface area (Å²) in [6.45, 7) is 12.5. The van der Waals surface area contributed by atoms with Crippen LogP contribution in [0.2, 0.25) is 0 Å². The van der Waals surface area contributed by atoms with Crippen molar-refractivity contribution in [2.45, 2.75) is 115 Å². The lowest BCUT2D eigenvalue weighted by Crippen LogP contribution is -2.41. The molecular weight excluding hydrogens is 833 g/mol. The van der Waals surface area contributed by atoms with E-state index in [1.807, 2.05) is 90.1 Å². The number of fused-ring (bicyclic) bond motifs is 2. The second-order valence-corrected chi connectivity index (χ2v) is 18.2. The fraction of sp³-hybridized carbons (Fsp3) is 0.458. The Balaban J connectivity index is 0.000000172. The maximum atomic E-state index is 15.0. The molecule has 0 N–H and O–H groups in total. The third kappa shape index (κ3) is 8.49. The summed E-state index contributed by atoms with van der Waals surface area (Å²) in [5.41, 5.74) is 5.38. The van der Waals surface area contributed by atoms with E-state index in [0.717, 1.165) is 63.6 Å². The van der Waals surface area contributed by atoms with Gasteiger partial charge in [0.15, 0.2) is 0 Å². The molecule has 0 unspecified atom stereocenters. The minimum atomic E-state index is -0.525. The Hall–Kier alpha value is -4.26. The van der Waals surface area contributed by atoms with Gasteiger partial charge in [-0.05, 0) is 162 Å². The zero-order valence-electron chi connectivity index (χ0n) is 35.0. The fourth-order valence-electron chi connectivity index (χ4n) is 8.82. The molecule has 4 aliphatic carbocycles. The van der Waals surface area contributed by atoms with Crippen molar-refractivity contribution >= 4 is 40.4 Å². The Kier molecular flexibility index (Phi) is 11.9. The number of esters is 2. The van der Waals surface area contributed by atoms with Crippen molar-refractivity contribution in [2.24, 2.45) is 11.8 Å². The lowest BCUT2D eigenvalue weighted by molar-refractivity contribution is -0.145. The maximum absolute atomic E-state index is 15.0. The van der Waals surface area contributed by atoms with Crippen LogP contribution in [-0.2, 0) is 41.2 Å². The van der Waals surface area contributed by atoms with E-state index in [4.69, 9.17) is 28.3 Å². The molecule has 0 aromatic heterocycles. The van der Waals surface area contributed by atoms with Gasteiger partial charge in [0.05, 0.1) is 36.3 Å². The van der Waals surface area contributed by atoms with Gasteiger partial charge in [0.25, 0.3) is 0 Å². The van der Waals surface area contributed by atoms with Crippen LogP contribution in [0.15, 0.2) is 77.3 Å². The Morgan fingerprint density at radius 2 is 1.10 bits per heavy atom. The molecule has 60 heavy (non-hydrogen) atoms. The largest absolute Gasteiger partial charge is 0.495 e. The summed E-state index contributed by atoms with van der Waals surface area (Å²) in [5, 5.41) is 0. The van der Waals surface area contributed by atoms with Crippen LogP contribution in [0, 0.1) is 23.5 Å². The average molecular weight is 886 g/mol. The molecule has 12 heteroatoms. The average Bonchev–Trinajstić information content (AvgIpc) is 4.09. The molecule has 1 saturated heterocycles. The van der Waals surface area contributed by atoms with Crippen LogP contribution in [-0.4, -0.2) is 43.5 Å². The van der Waals surface area contributed by atoms with E-state index in [1.165, 1.54) is 12.1 Å². The number of hydrogen-bond donors (Lipinski definition) is 0. The van der Waals surface area contributed by atoms with Crippen molar-refractivity contribution in [3.05, 3.63) is 122 Å². The molecule has 0 amide bonds. The molecule has 0 spiro atoms. The van der Waals surface area contributed by atoms with Crippen molar-refractivity contribution in [1.82, 2.24) is 0 Å². The van der Waals surface area contributed by atoms with Crippen LogP contribution in [0.4, 0.5) is 8.78 Å². The third-order valence-electron chi connectivity index (χ3n) is 13.0. The van der Waals surface area contributed by atoms with Crippen LogP contribution in [0.25, 0.3) is 0 Å². The zero-order chi connectivity index (χ0) is 42.5. The Morgan fingerprint density at radius 3 is 1.57 bits per heavy atom. The van der Waals surface area contributed by atoms with E-state index in [2.05, 4.69) is 15.9 Å². The molecule has 8 nitrogen and oxygen atoms in total. The lowest BCUT2D eigenvalue weighted by Gasteiger charge is -2.32. The molecule has 3 fully saturated rings. The third-order valence-corrected chi connectivity index (χ3v) is 13.7. The minimum absolute atomic E-state index is 0.0186. The molecule has 1 aliphatic heterocycles. The van der Waals surface area contributed by atoms with Crippen LogP contribution in [0.1, 0.15) is 125 Å². The number of ether oxygens (including phenoxy) is 4. The summed E-state index contributed by atoms with van der Waals surface area (Å²) in [4.78, 5) is 23.7. The van der Waals surface area contributed by atoms with E-state index in [-0.39, 0.29) is 59.5 Å². The molecule has 316 valence electrons. The van der Waals surface area contributed by atoms with Gasteiger partial charge in [0, 0.05) is 15.6 Å². The first-order chi connectivity index (χ1) is 28.7. The molecule has 1 heterocycles. The van der Waals surface area contributed by atoms with Crippen LogP contribution >= 0.6 is 15.9 Å². The number of rotatable bonds is 11. The smallest absolute Gasteiger partial charge is 0.486 e. The molecule has 4 aromatic rings. The van der Waals surface area contributed by atoms with Gasteiger partial charge >= 0.3 is 19.1 Å². The van der Waals surface area contributed by atoms with E-state index < -0.39 is 18.3 Å².